The first-order valence-electron chi connectivity index (χ1n) is 6.70. The van der Waals surface area contributed by atoms with Crippen molar-refractivity contribution in [1.82, 2.24) is 0 Å². The number of fused-ring (bicyclic) bond motifs is 1. The molecule has 0 saturated heterocycles. The largest absolute Gasteiger partial charge is 0.378 e. The number of hydrogen-bond acceptors (Lipinski definition) is 4. The zero-order valence-electron chi connectivity index (χ0n) is 11.5. The van der Waals surface area contributed by atoms with E-state index in [1.807, 2.05) is 29.3 Å². The molecule has 1 aromatic heterocycles. The monoisotopic (exact) mass is 306 g/mol. The smallest absolute Gasteiger partial charge is 0.257 e. The lowest BCUT2D eigenvalue weighted by Gasteiger charge is -2.23. The van der Waals surface area contributed by atoms with Gasteiger partial charge in [-0.25, -0.2) is 4.39 Å². The number of carbonyl (C=O) groups excluding carboxylic acids is 1. The minimum Gasteiger partial charge on any atom is -0.378 e. The second-order valence-corrected chi connectivity index (χ2v) is 5.91. The molecule has 0 bridgehead atoms. The molecule has 21 heavy (non-hydrogen) atoms. The quantitative estimate of drug-likeness (QED) is 0.913. The molecule has 6 heteroatoms. The van der Waals surface area contributed by atoms with Crippen LogP contribution in [0.1, 0.15) is 23.5 Å². The molecule has 1 unspecified atom stereocenters. The van der Waals surface area contributed by atoms with Gasteiger partial charge in [0.2, 0.25) is 0 Å². The number of aliphatic hydroxyl groups excluding tert-OH is 1. The predicted octanol–water partition coefficient (Wildman–Crippen LogP) is 2.90. The van der Waals surface area contributed by atoms with E-state index in [1.54, 1.807) is 17.4 Å². The average Bonchev–Trinajstić information content (AvgIpc) is 3.06. The first-order chi connectivity index (χ1) is 10.1. The number of amides is 1. The van der Waals surface area contributed by atoms with Crippen LogP contribution in [0.2, 0.25) is 0 Å². The molecule has 0 saturated carbocycles. The molecule has 3 rings (SSSR count). The molecule has 1 aromatic carbocycles. The summed E-state index contributed by atoms with van der Waals surface area (Å²) in [7, 11) is 0. The number of benzene rings is 1. The van der Waals surface area contributed by atoms with Crippen LogP contribution >= 0.6 is 11.3 Å². The van der Waals surface area contributed by atoms with E-state index in [0.717, 1.165) is 4.88 Å². The molecule has 2 heterocycles. The van der Waals surface area contributed by atoms with Gasteiger partial charge < -0.3 is 15.3 Å². The second-order valence-electron chi connectivity index (χ2n) is 4.88. The van der Waals surface area contributed by atoms with E-state index in [1.165, 1.54) is 6.07 Å². The number of hydrogen-bond donors (Lipinski definition) is 2. The van der Waals surface area contributed by atoms with Gasteiger partial charge in [0.05, 0.1) is 12.2 Å². The molecule has 2 N–H and O–H groups in total. The van der Waals surface area contributed by atoms with E-state index >= 15 is 0 Å². The van der Waals surface area contributed by atoms with Gasteiger partial charge in [-0.15, -0.1) is 11.3 Å². The van der Waals surface area contributed by atoms with Crippen molar-refractivity contribution in [2.45, 2.75) is 19.6 Å². The molecule has 1 aliphatic rings. The number of halogens is 1. The summed E-state index contributed by atoms with van der Waals surface area (Å²) in [4.78, 5) is 14.5. The number of nitrogens with zero attached hydrogens (tertiary/aromatic N) is 1. The van der Waals surface area contributed by atoms with Gasteiger partial charge >= 0.3 is 0 Å². The first kappa shape index (κ1) is 14.0. The fourth-order valence-electron chi connectivity index (χ4n) is 2.45. The maximum atomic E-state index is 14.3. The van der Waals surface area contributed by atoms with Gasteiger partial charge in [-0.1, -0.05) is 6.07 Å². The van der Waals surface area contributed by atoms with Gasteiger partial charge in [0.25, 0.3) is 5.91 Å². The molecule has 4 nitrogen and oxygen atoms in total. The highest BCUT2D eigenvalue weighted by Gasteiger charge is 2.30. The van der Waals surface area contributed by atoms with Crippen molar-refractivity contribution in [2.75, 3.05) is 16.8 Å². The van der Waals surface area contributed by atoms with Crippen molar-refractivity contribution in [1.29, 1.82) is 0 Å². The third-order valence-electron chi connectivity index (χ3n) is 3.57. The van der Waals surface area contributed by atoms with E-state index in [-0.39, 0.29) is 0 Å². The Hall–Kier alpha value is -1.92. The van der Waals surface area contributed by atoms with Crippen LogP contribution in [0.5, 0.6) is 0 Å². The highest BCUT2D eigenvalue weighted by Crippen LogP contribution is 2.36. The third-order valence-corrected chi connectivity index (χ3v) is 4.43. The van der Waals surface area contributed by atoms with Crippen molar-refractivity contribution in [3.05, 3.63) is 45.9 Å². The van der Waals surface area contributed by atoms with E-state index < -0.39 is 17.8 Å². The number of thiophene rings is 1. The summed E-state index contributed by atoms with van der Waals surface area (Å²) in [6.45, 7) is 3.21. The summed E-state index contributed by atoms with van der Waals surface area (Å²) in [5.41, 5.74) is 1.21. The summed E-state index contributed by atoms with van der Waals surface area (Å²) in [5.74, 6) is -0.939. The van der Waals surface area contributed by atoms with Crippen LogP contribution in [0.3, 0.4) is 0 Å². The summed E-state index contributed by atoms with van der Waals surface area (Å²) in [6.07, 6.45) is -1.28. The molecule has 1 aliphatic heterocycles. The number of rotatable bonds is 4. The van der Waals surface area contributed by atoms with Gasteiger partial charge in [-0.05, 0) is 30.5 Å². The molecule has 0 spiro atoms. The number of aliphatic hydroxyl groups is 1. The van der Waals surface area contributed by atoms with Gasteiger partial charge in [0.15, 0.2) is 6.10 Å². The Morgan fingerprint density at radius 3 is 2.95 bits per heavy atom. The molecular formula is C15H15FN2O2S. The van der Waals surface area contributed by atoms with Crippen LogP contribution in [0.15, 0.2) is 29.6 Å². The number of carbonyl (C=O) groups is 1. The lowest BCUT2D eigenvalue weighted by atomic mass is 10.1. The molecule has 0 radical (unpaired) electrons. The van der Waals surface area contributed by atoms with Crippen molar-refractivity contribution in [3.63, 3.8) is 0 Å². The van der Waals surface area contributed by atoms with E-state index in [9.17, 15) is 14.3 Å². The summed E-state index contributed by atoms with van der Waals surface area (Å²) >= 11 is 1.62. The highest BCUT2D eigenvalue weighted by molar-refractivity contribution is 7.09. The molecule has 2 aromatic rings. The maximum Gasteiger partial charge on any atom is 0.257 e. The average molecular weight is 306 g/mol. The van der Waals surface area contributed by atoms with Crippen LogP contribution in [0.25, 0.3) is 0 Å². The van der Waals surface area contributed by atoms with Gasteiger partial charge in [0, 0.05) is 22.7 Å². The fraction of sp³-hybridized carbons (Fsp3) is 0.267. The van der Waals surface area contributed by atoms with E-state index in [4.69, 9.17) is 0 Å². The Balaban J connectivity index is 1.94. The molecular weight excluding hydrogens is 291 g/mol. The minimum absolute atomic E-state index is 0.299. The highest BCUT2D eigenvalue weighted by atomic mass is 32.1. The summed E-state index contributed by atoms with van der Waals surface area (Å²) < 4.78 is 14.3. The SMILES string of the molecule is CCN(Cc1cccs1)c1cc2c(cc1F)C(O)C(=O)N2. The molecule has 0 aliphatic carbocycles. The number of anilines is 2. The Bertz CT molecular complexity index is 673. The third kappa shape index (κ3) is 2.52. The Kier molecular flexibility index (Phi) is 3.65. The summed E-state index contributed by atoms with van der Waals surface area (Å²) in [6, 6.07) is 6.80. The van der Waals surface area contributed by atoms with Crippen molar-refractivity contribution < 1.29 is 14.3 Å². The number of nitrogens with one attached hydrogen (secondary N) is 1. The Morgan fingerprint density at radius 2 is 2.29 bits per heavy atom. The topological polar surface area (TPSA) is 52.6 Å². The van der Waals surface area contributed by atoms with Gasteiger partial charge in [0.1, 0.15) is 5.82 Å². The fourth-order valence-corrected chi connectivity index (χ4v) is 3.17. The van der Waals surface area contributed by atoms with Crippen LogP contribution in [-0.2, 0) is 11.3 Å². The standard InChI is InChI=1S/C15H15FN2O2S/c1-2-18(8-9-4-3-5-21-9)13-7-12-10(6-11(13)16)14(19)15(20)17-12/h3-7,14,19H,2,8H2,1H3,(H,17,20). The lowest BCUT2D eigenvalue weighted by molar-refractivity contribution is -0.123. The molecule has 0 fully saturated rings. The molecule has 110 valence electrons. The van der Waals surface area contributed by atoms with Crippen molar-refractivity contribution in [3.8, 4) is 0 Å². The lowest BCUT2D eigenvalue weighted by Crippen LogP contribution is -2.22. The minimum atomic E-state index is -1.28. The molecule has 1 amide bonds. The van der Waals surface area contributed by atoms with Gasteiger partial charge in [-0.2, -0.15) is 0 Å². The van der Waals surface area contributed by atoms with E-state index in [0.29, 0.717) is 30.0 Å². The van der Waals surface area contributed by atoms with Crippen LogP contribution in [-0.4, -0.2) is 17.6 Å². The zero-order valence-corrected chi connectivity index (χ0v) is 12.3. The Morgan fingerprint density at radius 1 is 1.48 bits per heavy atom. The van der Waals surface area contributed by atoms with Crippen LogP contribution in [0.4, 0.5) is 15.8 Å². The van der Waals surface area contributed by atoms with E-state index in [2.05, 4.69) is 5.32 Å². The maximum absolute atomic E-state index is 14.3. The normalized spacial score (nSPS) is 16.7. The van der Waals surface area contributed by atoms with Gasteiger partial charge in [-0.3, -0.25) is 4.79 Å². The summed E-state index contributed by atoms with van der Waals surface area (Å²) in [5, 5.41) is 14.2. The zero-order chi connectivity index (χ0) is 15.0. The van der Waals surface area contributed by atoms with Crippen molar-refractivity contribution in [2.24, 2.45) is 0 Å². The molecule has 1 atom stereocenters. The first-order valence-corrected chi connectivity index (χ1v) is 7.57. The van der Waals surface area contributed by atoms with Crippen LogP contribution < -0.4 is 10.2 Å². The van der Waals surface area contributed by atoms with Crippen LogP contribution in [0, 0.1) is 5.82 Å². The Labute approximate surface area is 125 Å². The second kappa shape index (κ2) is 5.46. The van der Waals surface area contributed by atoms with Crippen molar-refractivity contribution >= 4 is 28.6 Å². The predicted molar refractivity (Wildman–Crippen MR) is 81.0 cm³/mol.